The van der Waals surface area contributed by atoms with Gasteiger partial charge in [-0.25, -0.2) is 9.59 Å². The van der Waals surface area contributed by atoms with E-state index in [1.54, 1.807) is 0 Å². The molecule has 76 valence electrons. The van der Waals surface area contributed by atoms with Crippen molar-refractivity contribution in [3.8, 4) is 0 Å². The number of rotatable bonds is 2. The third-order valence-corrected chi connectivity index (χ3v) is 0.485. The molecule has 0 atom stereocenters. The Balaban J connectivity index is -0.000000163. The van der Waals surface area contributed by atoms with Crippen LogP contribution in [-0.2, 0) is 19.2 Å². The zero-order valence-electron chi connectivity index (χ0n) is 6.13. The van der Waals surface area contributed by atoms with Crippen LogP contribution < -0.4 is 0 Å². The van der Waals surface area contributed by atoms with Crippen LogP contribution in [0.1, 0.15) is 6.42 Å². The van der Waals surface area contributed by atoms with E-state index in [2.05, 4.69) is 0 Å². The zero-order valence-corrected chi connectivity index (χ0v) is 6.13. The van der Waals surface area contributed by atoms with Crippen molar-refractivity contribution in [2.75, 3.05) is 0 Å². The molecule has 0 spiro atoms. The summed E-state index contributed by atoms with van der Waals surface area (Å²) in [7, 11) is 0. The molecule has 9 heteroatoms. The van der Waals surface area contributed by atoms with E-state index in [0.29, 0.717) is 0 Å². The van der Waals surface area contributed by atoms with Crippen molar-refractivity contribution in [3.05, 3.63) is 0 Å². The zero-order chi connectivity index (χ0) is 11.0. The van der Waals surface area contributed by atoms with Gasteiger partial charge in [-0.15, -0.1) is 0 Å². The van der Waals surface area contributed by atoms with Gasteiger partial charge in [0.1, 0.15) is 6.42 Å². The van der Waals surface area contributed by atoms with Crippen LogP contribution in [0.4, 0.5) is 0 Å². The quantitative estimate of drug-likeness (QED) is 0.237. The molecule has 0 heterocycles. The summed E-state index contributed by atoms with van der Waals surface area (Å²) in [6.45, 7) is 0. The Bertz CT molecular complexity index is 210. The molecule has 0 aliphatic heterocycles. The molecule has 0 rings (SSSR count). The molecule has 0 saturated heterocycles. The first kappa shape index (κ1) is 18.6. The van der Waals surface area contributed by atoms with Gasteiger partial charge in [-0.3, -0.25) is 9.59 Å². The maximum atomic E-state index is 9.43. The number of hydrogen-bond donors (Lipinski definition) is 4. The molecule has 0 aliphatic rings. The van der Waals surface area contributed by atoms with E-state index < -0.39 is 30.3 Å². The Hall–Kier alpha value is -1.12. The summed E-state index contributed by atoms with van der Waals surface area (Å²) in [5.74, 6) is -6.27. The number of carboxylic acid groups (broad SMARTS) is 4. The van der Waals surface area contributed by atoms with Crippen molar-refractivity contribution in [2.24, 2.45) is 0 Å². The SMILES string of the molecule is O=C(O)C(=O)O.O=C(O)CC(=O)O.[NaH]. The van der Waals surface area contributed by atoms with E-state index in [4.69, 9.17) is 30.0 Å². The predicted molar refractivity (Wildman–Crippen MR) is 42.3 cm³/mol. The fraction of sp³-hybridized carbons (Fsp3) is 0.200. The Morgan fingerprint density at radius 3 is 0.929 bits per heavy atom. The summed E-state index contributed by atoms with van der Waals surface area (Å²) in [4.78, 5) is 37.1. The molecule has 0 radical (unpaired) electrons. The van der Waals surface area contributed by atoms with Gasteiger partial charge in [-0.2, -0.15) is 0 Å². The fourth-order valence-corrected chi connectivity index (χ4v) is 0.129. The van der Waals surface area contributed by atoms with Gasteiger partial charge in [0, 0.05) is 0 Å². The van der Waals surface area contributed by atoms with Gasteiger partial charge in [0.05, 0.1) is 0 Å². The fourth-order valence-electron chi connectivity index (χ4n) is 0.129. The number of hydrogen-bond acceptors (Lipinski definition) is 4. The van der Waals surface area contributed by atoms with Crippen LogP contribution in [0.15, 0.2) is 0 Å². The van der Waals surface area contributed by atoms with Crippen LogP contribution >= 0.6 is 0 Å². The second-order valence-electron chi connectivity index (χ2n) is 1.57. The molecule has 8 nitrogen and oxygen atoms in total. The van der Waals surface area contributed by atoms with E-state index in [1.807, 2.05) is 0 Å². The molecule has 0 aromatic heterocycles. The standard InChI is InChI=1S/C3H4O4.C2H2O4.Na.H/c4-2(5)1-3(6)7;3-1(4)2(5)6;;/h1H2,(H,4,5)(H,6,7);(H,3,4)(H,5,6);;. The third-order valence-electron chi connectivity index (χ3n) is 0.485. The summed E-state index contributed by atoms with van der Waals surface area (Å²) in [6, 6.07) is 0. The topological polar surface area (TPSA) is 149 Å². The molecular weight excluding hydrogens is 211 g/mol. The third kappa shape index (κ3) is 22.4. The van der Waals surface area contributed by atoms with Crippen molar-refractivity contribution in [3.63, 3.8) is 0 Å². The second kappa shape index (κ2) is 9.96. The van der Waals surface area contributed by atoms with Gasteiger partial charge in [-0.05, 0) is 0 Å². The molecule has 0 aromatic carbocycles. The average molecular weight is 218 g/mol. The van der Waals surface area contributed by atoms with Gasteiger partial charge in [0.15, 0.2) is 0 Å². The predicted octanol–water partition coefficient (Wildman–Crippen LogP) is -1.95. The van der Waals surface area contributed by atoms with Gasteiger partial charge in [0.25, 0.3) is 0 Å². The Labute approximate surface area is 99.4 Å². The number of carbonyl (C=O) groups is 4. The van der Waals surface area contributed by atoms with Gasteiger partial charge < -0.3 is 20.4 Å². The Kier molecular flexibility index (Phi) is 13.3. The Morgan fingerprint density at radius 1 is 0.714 bits per heavy atom. The van der Waals surface area contributed by atoms with Crippen LogP contribution in [0.5, 0.6) is 0 Å². The average Bonchev–Trinajstić information content (AvgIpc) is 1.84. The summed E-state index contributed by atoms with van der Waals surface area (Å²) in [6.07, 6.45) is -0.806. The molecule has 4 N–H and O–H groups in total. The number of carboxylic acids is 4. The number of aliphatic carboxylic acids is 4. The normalized spacial score (nSPS) is 7.14. The van der Waals surface area contributed by atoms with Crippen molar-refractivity contribution in [1.82, 2.24) is 0 Å². The summed E-state index contributed by atoms with van der Waals surface area (Å²) in [5, 5.41) is 30.2. The Morgan fingerprint density at radius 2 is 0.929 bits per heavy atom. The van der Waals surface area contributed by atoms with Crippen molar-refractivity contribution in [1.29, 1.82) is 0 Å². The second-order valence-corrected chi connectivity index (χ2v) is 1.57. The van der Waals surface area contributed by atoms with E-state index in [9.17, 15) is 9.59 Å². The van der Waals surface area contributed by atoms with Crippen LogP contribution in [0.3, 0.4) is 0 Å². The summed E-state index contributed by atoms with van der Waals surface area (Å²) in [5.41, 5.74) is 0. The van der Waals surface area contributed by atoms with E-state index in [1.165, 1.54) is 0 Å². The van der Waals surface area contributed by atoms with Gasteiger partial charge >= 0.3 is 53.4 Å². The monoisotopic (exact) mass is 218 g/mol. The van der Waals surface area contributed by atoms with Crippen LogP contribution in [-0.4, -0.2) is 73.9 Å². The van der Waals surface area contributed by atoms with Gasteiger partial charge in [-0.1, -0.05) is 0 Å². The molecular formula is C5H7NaO8. The molecule has 0 saturated carbocycles. The molecule has 0 fully saturated rings. The van der Waals surface area contributed by atoms with Crippen LogP contribution in [0, 0.1) is 0 Å². The van der Waals surface area contributed by atoms with E-state index in [-0.39, 0.29) is 29.6 Å². The molecule has 0 aromatic rings. The van der Waals surface area contributed by atoms with Crippen molar-refractivity contribution >= 4 is 53.4 Å². The first-order valence-electron chi connectivity index (χ1n) is 2.67. The van der Waals surface area contributed by atoms with Crippen molar-refractivity contribution in [2.45, 2.75) is 6.42 Å². The summed E-state index contributed by atoms with van der Waals surface area (Å²) < 4.78 is 0. The van der Waals surface area contributed by atoms with E-state index in [0.717, 1.165) is 0 Å². The molecule has 0 amide bonds. The summed E-state index contributed by atoms with van der Waals surface area (Å²) >= 11 is 0. The molecule has 0 unspecified atom stereocenters. The van der Waals surface area contributed by atoms with Crippen LogP contribution in [0.2, 0.25) is 0 Å². The van der Waals surface area contributed by atoms with E-state index >= 15 is 0 Å². The molecule has 14 heavy (non-hydrogen) atoms. The first-order chi connectivity index (χ1) is 5.77. The first-order valence-corrected chi connectivity index (χ1v) is 2.67. The maximum absolute atomic E-state index is 9.43. The minimum atomic E-state index is -1.82. The van der Waals surface area contributed by atoms with Crippen LogP contribution in [0.25, 0.3) is 0 Å². The van der Waals surface area contributed by atoms with Gasteiger partial charge in [0.2, 0.25) is 0 Å². The van der Waals surface area contributed by atoms with Crippen molar-refractivity contribution < 1.29 is 39.6 Å². The molecule has 0 aliphatic carbocycles. The molecule has 0 bridgehead atoms. The minimum absolute atomic E-state index is 0.